The number of nitrogens with one attached hydrogen (secondary N) is 2. The van der Waals surface area contributed by atoms with Crippen LogP contribution in [0.5, 0.6) is 0 Å². The van der Waals surface area contributed by atoms with Crippen molar-refractivity contribution in [2.24, 2.45) is 16.6 Å². The number of unbranched alkanes of at least 4 members (excludes halogenated alkanes) is 2. The predicted molar refractivity (Wildman–Crippen MR) is 107 cm³/mol. The Labute approximate surface area is 158 Å². The Balaban J connectivity index is 0.00000484. The van der Waals surface area contributed by atoms with Gasteiger partial charge < -0.3 is 21.3 Å². The first-order valence-corrected chi connectivity index (χ1v) is 8.63. The van der Waals surface area contributed by atoms with Gasteiger partial charge >= 0.3 is 0 Å². The highest BCUT2D eigenvalue weighted by atomic mass is 127. The number of nitrogens with two attached hydrogens (primary N) is 1. The number of carbonyl (C=O) groups excluding carboxylic acids is 1. The van der Waals surface area contributed by atoms with E-state index in [1.165, 1.54) is 19.3 Å². The molecule has 1 unspecified atom stereocenters. The first-order chi connectivity index (χ1) is 10.7. The number of hydrogen-bond acceptors (Lipinski definition) is 3. The molecule has 7 heteroatoms. The highest BCUT2D eigenvalue weighted by Crippen LogP contribution is 2.15. The summed E-state index contributed by atoms with van der Waals surface area (Å²) in [6.45, 7) is 6.97. The van der Waals surface area contributed by atoms with Crippen molar-refractivity contribution in [2.45, 2.75) is 45.4 Å². The van der Waals surface area contributed by atoms with E-state index in [1.54, 1.807) is 7.05 Å². The first-order valence-electron chi connectivity index (χ1n) is 8.63. The molecule has 0 bridgehead atoms. The maximum atomic E-state index is 11.3. The summed E-state index contributed by atoms with van der Waals surface area (Å²) >= 11 is 0. The predicted octanol–water partition coefficient (Wildman–Crippen LogP) is 1.55. The SMILES string of the molecule is CCCCCNC(=NC)NCCCN1CCCC(C(N)=O)C1.I. The normalized spacial score (nSPS) is 19.0. The third-order valence-corrected chi connectivity index (χ3v) is 4.15. The van der Waals surface area contributed by atoms with Crippen LogP contribution in [0, 0.1) is 5.92 Å². The van der Waals surface area contributed by atoms with E-state index in [9.17, 15) is 4.79 Å². The summed E-state index contributed by atoms with van der Waals surface area (Å²) < 4.78 is 0. The van der Waals surface area contributed by atoms with E-state index in [-0.39, 0.29) is 35.8 Å². The number of rotatable bonds is 9. The van der Waals surface area contributed by atoms with E-state index >= 15 is 0 Å². The lowest BCUT2D eigenvalue weighted by Gasteiger charge is -2.31. The maximum Gasteiger partial charge on any atom is 0.221 e. The summed E-state index contributed by atoms with van der Waals surface area (Å²) in [6, 6.07) is 0. The van der Waals surface area contributed by atoms with Gasteiger partial charge in [0.2, 0.25) is 5.91 Å². The molecule has 0 aromatic rings. The lowest BCUT2D eigenvalue weighted by atomic mass is 9.97. The highest BCUT2D eigenvalue weighted by molar-refractivity contribution is 14.0. The van der Waals surface area contributed by atoms with Crippen molar-refractivity contribution in [1.29, 1.82) is 0 Å². The van der Waals surface area contributed by atoms with E-state index in [1.807, 2.05) is 0 Å². The Bertz CT molecular complexity index is 351. The summed E-state index contributed by atoms with van der Waals surface area (Å²) in [4.78, 5) is 17.8. The van der Waals surface area contributed by atoms with Crippen LogP contribution in [0.1, 0.15) is 45.4 Å². The number of carbonyl (C=O) groups is 1. The fraction of sp³-hybridized carbons (Fsp3) is 0.875. The van der Waals surface area contributed by atoms with Crippen LogP contribution in [-0.2, 0) is 4.79 Å². The topological polar surface area (TPSA) is 82.8 Å². The number of nitrogens with zero attached hydrogens (tertiary/aromatic N) is 2. The van der Waals surface area contributed by atoms with Gasteiger partial charge in [-0.3, -0.25) is 9.79 Å². The van der Waals surface area contributed by atoms with Crippen LogP contribution in [0.25, 0.3) is 0 Å². The maximum absolute atomic E-state index is 11.3. The molecule has 1 saturated heterocycles. The minimum Gasteiger partial charge on any atom is -0.369 e. The molecule has 23 heavy (non-hydrogen) atoms. The van der Waals surface area contributed by atoms with Crippen LogP contribution < -0.4 is 16.4 Å². The Hall–Kier alpha value is -0.570. The zero-order valence-corrected chi connectivity index (χ0v) is 17.0. The van der Waals surface area contributed by atoms with Gasteiger partial charge in [0.05, 0.1) is 5.92 Å². The number of hydrogen-bond donors (Lipinski definition) is 3. The molecule has 1 aliphatic rings. The first kappa shape index (κ1) is 22.4. The Morgan fingerprint density at radius 2 is 1.96 bits per heavy atom. The Kier molecular flexibility index (Phi) is 13.5. The molecule has 1 fully saturated rings. The van der Waals surface area contributed by atoms with Crippen LogP contribution in [0.2, 0.25) is 0 Å². The average molecular weight is 439 g/mol. The van der Waals surface area contributed by atoms with Crippen molar-refractivity contribution in [1.82, 2.24) is 15.5 Å². The summed E-state index contributed by atoms with van der Waals surface area (Å²) in [5.74, 6) is 0.763. The van der Waals surface area contributed by atoms with Gasteiger partial charge in [-0.05, 0) is 38.8 Å². The standard InChI is InChI=1S/C16H33N5O.HI/c1-3-4-5-9-19-16(18-2)20-10-7-12-21-11-6-8-14(13-21)15(17)22;/h14H,3-13H2,1-2H3,(H2,17,22)(H2,18,19,20);1H. The largest absolute Gasteiger partial charge is 0.369 e. The summed E-state index contributed by atoms with van der Waals surface area (Å²) in [7, 11) is 1.80. The number of likely N-dealkylation sites (tertiary alicyclic amines) is 1. The molecule has 6 nitrogen and oxygen atoms in total. The number of aliphatic imine (C=N–C) groups is 1. The minimum absolute atomic E-state index is 0. The van der Waals surface area contributed by atoms with E-state index in [4.69, 9.17) is 5.73 Å². The molecule has 136 valence electrons. The van der Waals surface area contributed by atoms with Crippen molar-refractivity contribution in [3.8, 4) is 0 Å². The molecule has 0 aromatic carbocycles. The molecule has 1 heterocycles. The number of halogens is 1. The molecule has 1 amide bonds. The van der Waals surface area contributed by atoms with E-state index < -0.39 is 0 Å². The lowest BCUT2D eigenvalue weighted by Crippen LogP contribution is -2.43. The molecule has 1 rings (SSSR count). The quantitative estimate of drug-likeness (QED) is 0.220. The van der Waals surface area contributed by atoms with Crippen LogP contribution in [0.3, 0.4) is 0 Å². The molecule has 1 atom stereocenters. The molecule has 1 aliphatic heterocycles. The van der Waals surface area contributed by atoms with Gasteiger partial charge in [0, 0.05) is 26.7 Å². The van der Waals surface area contributed by atoms with Crippen molar-refractivity contribution >= 4 is 35.8 Å². The number of guanidine groups is 1. The summed E-state index contributed by atoms with van der Waals surface area (Å²) in [6.07, 6.45) is 6.72. The summed E-state index contributed by atoms with van der Waals surface area (Å²) in [5.41, 5.74) is 5.41. The zero-order valence-electron chi connectivity index (χ0n) is 14.6. The monoisotopic (exact) mass is 439 g/mol. The zero-order chi connectivity index (χ0) is 16.2. The third kappa shape index (κ3) is 10.0. The van der Waals surface area contributed by atoms with Gasteiger partial charge in [-0.15, -0.1) is 24.0 Å². The Morgan fingerprint density at radius 1 is 1.26 bits per heavy atom. The number of primary amides is 1. The van der Waals surface area contributed by atoms with Crippen molar-refractivity contribution in [3.63, 3.8) is 0 Å². The van der Waals surface area contributed by atoms with Crippen LogP contribution >= 0.6 is 24.0 Å². The van der Waals surface area contributed by atoms with Gasteiger partial charge in [0.1, 0.15) is 0 Å². The molecule has 0 radical (unpaired) electrons. The van der Waals surface area contributed by atoms with E-state index in [0.717, 1.165) is 57.9 Å². The Morgan fingerprint density at radius 3 is 2.57 bits per heavy atom. The second kappa shape index (κ2) is 13.8. The van der Waals surface area contributed by atoms with Crippen LogP contribution in [0.15, 0.2) is 4.99 Å². The van der Waals surface area contributed by atoms with Crippen molar-refractivity contribution in [2.75, 3.05) is 39.8 Å². The molecule has 0 saturated carbocycles. The molecule has 0 aromatic heterocycles. The molecular weight excluding hydrogens is 405 g/mol. The molecule has 4 N–H and O–H groups in total. The smallest absolute Gasteiger partial charge is 0.221 e. The fourth-order valence-corrected chi connectivity index (χ4v) is 2.80. The number of piperidine rings is 1. The molecule has 0 spiro atoms. The fourth-order valence-electron chi connectivity index (χ4n) is 2.80. The van der Waals surface area contributed by atoms with Gasteiger partial charge in [0.15, 0.2) is 5.96 Å². The van der Waals surface area contributed by atoms with Crippen molar-refractivity contribution < 1.29 is 4.79 Å². The summed E-state index contributed by atoms with van der Waals surface area (Å²) in [5, 5.41) is 6.67. The minimum atomic E-state index is -0.153. The van der Waals surface area contributed by atoms with E-state index in [0.29, 0.717) is 0 Å². The van der Waals surface area contributed by atoms with Gasteiger partial charge in [-0.25, -0.2) is 0 Å². The molecule has 0 aliphatic carbocycles. The molecular formula is C16H34IN5O. The van der Waals surface area contributed by atoms with Gasteiger partial charge in [0.25, 0.3) is 0 Å². The van der Waals surface area contributed by atoms with Crippen LogP contribution in [-0.4, -0.2) is 56.5 Å². The van der Waals surface area contributed by atoms with Crippen molar-refractivity contribution in [3.05, 3.63) is 0 Å². The van der Waals surface area contributed by atoms with E-state index in [2.05, 4.69) is 27.4 Å². The second-order valence-corrected chi connectivity index (χ2v) is 6.03. The van der Waals surface area contributed by atoms with Gasteiger partial charge in [-0.2, -0.15) is 0 Å². The average Bonchev–Trinajstić information content (AvgIpc) is 2.53. The third-order valence-electron chi connectivity index (χ3n) is 4.15. The lowest BCUT2D eigenvalue weighted by molar-refractivity contribution is -0.123. The second-order valence-electron chi connectivity index (χ2n) is 6.03. The van der Waals surface area contributed by atoms with Gasteiger partial charge in [-0.1, -0.05) is 19.8 Å². The highest BCUT2D eigenvalue weighted by Gasteiger charge is 2.23. The van der Waals surface area contributed by atoms with Crippen LogP contribution in [0.4, 0.5) is 0 Å². The number of amides is 1.